The van der Waals surface area contributed by atoms with Crippen LogP contribution in [0.15, 0.2) is 18.2 Å². The molecule has 4 nitrogen and oxygen atoms in total. The van der Waals surface area contributed by atoms with E-state index in [0.29, 0.717) is 5.54 Å². The summed E-state index contributed by atoms with van der Waals surface area (Å²) in [5.41, 5.74) is 4.69. The van der Waals surface area contributed by atoms with Crippen molar-refractivity contribution in [3.05, 3.63) is 29.5 Å². The molecular weight excluding hydrogens is 274 g/mol. The Bertz CT molecular complexity index is 729. The van der Waals surface area contributed by atoms with Crippen LogP contribution in [-0.2, 0) is 12.0 Å². The standard InChI is InChI=1S/C18H23N3O/c1-22-13-2-3-16-15(10-13)14-4-7-19-18(17(14)20-16)11-21-8-5-12(18)6-9-21/h2-3,10,12,19-20H,4-9,11H2,1H3/p+2/t18-/m1/s1. The van der Waals surface area contributed by atoms with E-state index in [1.165, 1.54) is 62.0 Å². The van der Waals surface area contributed by atoms with Crippen molar-refractivity contribution in [3.63, 3.8) is 0 Å². The third-order valence-corrected chi connectivity index (χ3v) is 6.45. The van der Waals surface area contributed by atoms with Crippen LogP contribution in [0.5, 0.6) is 5.75 Å². The number of methoxy groups -OCH3 is 1. The topological polar surface area (TPSA) is 46.1 Å². The Morgan fingerprint density at radius 2 is 2.18 bits per heavy atom. The van der Waals surface area contributed by atoms with E-state index < -0.39 is 0 Å². The number of quaternary nitrogens is 2. The van der Waals surface area contributed by atoms with Gasteiger partial charge in [-0.25, -0.2) is 0 Å². The van der Waals surface area contributed by atoms with Gasteiger partial charge in [-0.2, -0.15) is 0 Å². The molecule has 4 aliphatic heterocycles. The van der Waals surface area contributed by atoms with Gasteiger partial charge < -0.3 is 19.9 Å². The maximum Gasteiger partial charge on any atom is 0.189 e. The summed E-state index contributed by atoms with van der Waals surface area (Å²) in [6.45, 7) is 5.28. The monoisotopic (exact) mass is 299 g/mol. The SMILES string of the molecule is COc1ccc2[nH]c3c(c2c1)CC[NH2+][C@@]31C[NH+]2CCC1CC2. The first-order valence-corrected chi connectivity index (χ1v) is 8.67. The molecule has 4 heteroatoms. The van der Waals surface area contributed by atoms with Crippen molar-refractivity contribution >= 4 is 10.9 Å². The number of fused-ring (bicyclic) bond motifs is 5. The van der Waals surface area contributed by atoms with E-state index in [4.69, 9.17) is 4.74 Å². The molecule has 22 heavy (non-hydrogen) atoms. The highest BCUT2D eigenvalue weighted by Gasteiger charge is 2.57. The van der Waals surface area contributed by atoms with E-state index >= 15 is 0 Å². The third kappa shape index (κ3) is 1.60. The third-order valence-electron chi connectivity index (χ3n) is 6.45. The van der Waals surface area contributed by atoms with E-state index in [2.05, 4.69) is 28.5 Å². The second-order valence-corrected chi connectivity index (χ2v) is 7.37. The number of aromatic amines is 1. The number of benzene rings is 1. The molecule has 6 rings (SSSR count). The molecule has 1 atom stereocenters. The Hall–Kier alpha value is -1.52. The van der Waals surface area contributed by atoms with Crippen molar-refractivity contribution in [2.75, 3.05) is 33.3 Å². The van der Waals surface area contributed by atoms with Crippen molar-refractivity contribution < 1.29 is 15.0 Å². The van der Waals surface area contributed by atoms with Crippen LogP contribution in [0.2, 0.25) is 0 Å². The number of hydrogen-bond donors (Lipinski definition) is 3. The lowest BCUT2D eigenvalue weighted by Crippen LogP contribution is -3.22. The fraction of sp³-hybridized carbons (Fsp3) is 0.556. The highest BCUT2D eigenvalue weighted by molar-refractivity contribution is 5.86. The predicted octanol–water partition coefficient (Wildman–Crippen LogP) is -0.200. The second kappa shape index (κ2) is 4.49. The van der Waals surface area contributed by atoms with E-state index in [1.807, 2.05) is 4.90 Å². The summed E-state index contributed by atoms with van der Waals surface area (Å²) in [5, 5.41) is 4.04. The van der Waals surface area contributed by atoms with Gasteiger partial charge in [0.25, 0.3) is 0 Å². The van der Waals surface area contributed by atoms with Gasteiger partial charge in [0.05, 0.1) is 32.4 Å². The van der Waals surface area contributed by atoms with Crippen molar-refractivity contribution in [2.24, 2.45) is 5.92 Å². The highest BCUT2D eigenvalue weighted by atomic mass is 16.5. The fourth-order valence-electron chi connectivity index (χ4n) is 5.39. The Balaban J connectivity index is 1.71. The molecule has 0 saturated carbocycles. The molecule has 3 saturated heterocycles. The zero-order chi connectivity index (χ0) is 14.7. The van der Waals surface area contributed by atoms with Gasteiger partial charge in [-0.15, -0.1) is 0 Å². The molecule has 5 heterocycles. The van der Waals surface area contributed by atoms with Crippen molar-refractivity contribution in [1.29, 1.82) is 0 Å². The molecule has 1 aromatic heterocycles. The fourth-order valence-corrected chi connectivity index (χ4v) is 5.39. The lowest BCUT2D eigenvalue weighted by Gasteiger charge is -2.49. The molecule has 0 unspecified atom stereocenters. The molecule has 0 amide bonds. The zero-order valence-corrected chi connectivity index (χ0v) is 13.2. The number of H-pyrrole nitrogens is 1. The van der Waals surface area contributed by atoms with Gasteiger partial charge in [0.15, 0.2) is 5.54 Å². The second-order valence-electron chi connectivity index (χ2n) is 7.37. The normalized spacial score (nSPS) is 33.3. The average molecular weight is 299 g/mol. The number of nitrogens with two attached hydrogens (primary N) is 1. The van der Waals surface area contributed by atoms with E-state index in [9.17, 15) is 0 Å². The maximum absolute atomic E-state index is 5.44. The van der Waals surface area contributed by atoms with Gasteiger partial charge >= 0.3 is 0 Å². The number of rotatable bonds is 1. The van der Waals surface area contributed by atoms with E-state index in [0.717, 1.165) is 11.7 Å². The summed E-state index contributed by atoms with van der Waals surface area (Å²) in [7, 11) is 1.76. The number of ether oxygens (including phenoxy) is 1. The largest absolute Gasteiger partial charge is 0.497 e. The summed E-state index contributed by atoms with van der Waals surface area (Å²) in [5.74, 6) is 1.82. The minimum absolute atomic E-state index is 0.311. The first kappa shape index (κ1) is 13.0. The molecule has 0 radical (unpaired) electrons. The molecule has 1 spiro atoms. The molecule has 1 aromatic carbocycles. The van der Waals surface area contributed by atoms with Crippen LogP contribution in [0, 0.1) is 5.92 Å². The number of piperidine rings is 3. The van der Waals surface area contributed by atoms with Gasteiger partial charge in [-0.3, -0.25) is 0 Å². The Kier molecular flexibility index (Phi) is 2.65. The smallest absolute Gasteiger partial charge is 0.189 e. The van der Waals surface area contributed by atoms with Crippen molar-refractivity contribution in [3.8, 4) is 5.75 Å². The molecule has 4 N–H and O–H groups in total. The van der Waals surface area contributed by atoms with Crippen molar-refractivity contribution in [2.45, 2.75) is 24.8 Å². The summed E-state index contributed by atoms with van der Waals surface area (Å²) in [6, 6.07) is 6.48. The van der Waals surface area contributed by atoms with Gasteiger partial charge in [0.2, 0.25) is 0 Å². The van der Waals surface area contributed by atoms with Crippen LogP contribution in [-0.4, -0.2) is 38.3 Å². The lowest BCUT2D eigenvalue weighted by atomic mass is 9.68. The number of aromatic nitrogens is 1. The molecule has 0 aliphatic carbocycles. The summed E-state index contributed by atoms with van der Waals surface area (Å²) >= 11 is 0. The minimum Gasteiger partial charge on any atom is -0.497 e. The van der Waals surface area contributed by atoms with Crippen LogP contribution >= 0.6 is 0 Å². The van der Waals surface area contributed by atoms with E-state index in [-0.39, 0.29) is 0 Å². The average Bonchev–Trinajstić information content (AvgIpc) is 2.95. The highest BCUT2D eigenvalue weighted by Crippen LogP contribution is 2.39. The van der Waals surface area contributed by atoms with Crippen LogP contribution in [0.25, 0.3) is 10.9 Å². The van der Waals surface area contributed by atoms with E-state index in [1.54, 1.807) is 12.7 Å². The predicted molar refractivity (Wildman–Crippen MR) is 85.3 cm³/mol. The Morgan fingerprint density at radius 1 is 1.32 bits per heavy atom. The summed E-state index contributed by atoms with van der Waals surface area (Å²) < 4.78 is 5.44. The van der Waals surface area contributed by atoms with Crippen LogP contribution in [0.4, 0.5) is 0 Å². The van der Waals surface area contributed by atoms with Crippen LogP contribution in [0.3, 0.4) is 0 Å². The maximum atomic E-state index is 5.44. The quantitative estimate of drug-likeness (QED) is 0.671. The van der Waals surface area contributed by atoms with Crippen molar-refractivity contribution in [1.82, 2.24) is 4.98 Å². The van der Waals surface area contributed by atoms with Gasteiger partial charge in [0, 0.05) is 36.1 Å². The first-order chi connectivity index (χ1) is 10.8. The molecular formula is C18H25N3O+2. The summed E-state index contributed by atoms with van der Waals surface area (Å²) in [4.78, 5) is 5.62. The molecule has 116 valence electrons. The molecule has 3 fully saturated rings. The van der Waals surface area contributed by atoms with Crippen LogP contribution in [0.1, 0.15) is 24.1 Å². The molecule has 4 aliphatic rings. The Morgan fingerprint density at radius 3 is 2.91 bits per heavy atom. The molecule has 2 aromatic rings. The Labute approximate surface area is 130 Å². The minimum atomic E-state index is 0.311. The number of hydrogen-bond acceptors (Lipinski definition) is 1. The summed E-state index contributed by atoms with van der Waals surface area (Å²) in [6.07, 6.45) is 3.96. The lowest BCUT2D eigenvalue weighted by molar-refractivity contribution is -0.959. The zero-order valence-electron chi connectivity index (χ0n) is 13.2. The van der Waals surface area contributed by atoms with Gasteiger partial charge in [0.1, 0.15) is 12.3 Å². The molecule has 2 bridgehead atoms. The first-order valence-electron chi connectivity index (χ1n) is 8.67. The van der Waals surface area contributed by atoms with Gasteiger partial charge in [-0.1, -0.05) is 0 Å². The number of nitrogens with one attached hydrogen (secondary N) is 2. The van der Waals surface area contributed by atoms with Gasteiger partial charge in [-0.05, 0) is 23.8 Å². The van der Waals surface area contributed by atoms with Crippen LogP contribution < -0.4 is 15.0 Å².